The normalized spacial score (nSPS) is 16.9. The Morgan fingerprint density at radius 3 is 2.76 bits per heavy atom. The van der Waals surface area contributed by atoms with Crippen LogP contribution in [0, 0.1) is 11.8 Å². The number of likely N-dealkylation sites (N-methyl/N-ethyl adjacent to an activating group) is 1. The molecule has 0 aromatic carbocycles. The molecule has 100 valence electrons. The number of nitrogens with zero attached hydrogens (tertiary/aromatic N) is 1. The van der Waals surface area contributed by atoms with Crippen LogP contribution in [-0.2, 0) is 9.53 Å². The number of carbonyl (C=O) groups is 1. The number of carbonyl (C=O) groups excluding carboxylic acids is 1. The second-order valence-electron chi connectivity index (χ2n) is 5.05. The molecular weight excluding hydrogens is 216 g/mol. The van der Waals surface area contributed by atoms with E-state index in [1.165, 1.54) is 12.8 Å². The predicted molar refractivity (Wildman–Crippen MR) is 68.6 cm³/mol. The zero-order valence-corrected chi connectivity index (χ0v) is 11.2. The van der Waals surface area contributed by atoms with Crippen molar-refractivity contribution >= 4 is 5.91 Å². The van der Waals surface area contributed by atoms with Gasteiger partial charge in [0.2, 0.25) is 5.91 Å². The van der Waals surface area contributed by atoms with Crippen LogP contribution in [-0.4, -0.2) is 44.2 Å². The Kier molecular flexibility index (Phi) is 6.52. The molecule has 1 aliphatic carbocycles. The lowest BCUT2D eigenvalue weighted by atomic mass is 10.0. The summed E-state index contributed by atoms with van der Waals surface area (Å²) in [6.45, 7) is 4.87. The van der Waals surface area contributed by atoms with Gasteiger partial charge < -0.3 is 15.4 Å². The molecule has 1 aliphatic rings. The van der Waals surface area contributed by atoms with E-state index in [4.69, 9.17) is 10.5 Å². The molecule has 1 unspecified atom stereocenters. The summed E-state index contributed by atoms with van der Waals surface area (Å²) in [5.74, 6) is 1.28. The van der Waals surface area contributed by atoms with Crippen LogP contribution < -0.4 is 5.73 Å². The molecule has 0 aromatic rings. The SMILES string of the molecule is CCC(CN)CC(=O)N(C)CCOCC1CC1. The molecule has 0 saturated heterocycles. The smallest absolute Gasteiger partial charge is 0.222 e. The van der Waals surface area contributed by atoms with Gasteiger partial charge in [0.15, 0.2) is 0 Å². The molecule has 1 fully saturated rings. The van der Waals surface area contributed by atoms with Gasteiger partial charge in [-0.1, -0.05) is 13.3 Å². The van der Waals surface area contributed by atoms with E-state index in [0.717, 1.165) is 18.9 Å². The number of hydrogen-bond acceptors (Lipinski definition) is 3. The van der Waals surface area contributed by atoms with Gasteiger partial charge in [0.05, 0.1) is 6.61 Å². The zero-order chi connectivity index (χ0) is 12.7. The fraction of sp³-hybridized carbons (Fsp3) is 0.923. The molecule has 1 atom stereocenters. The minimum atomic E-state index is 0.178. The highest BCUT2D eigenvalue weighted by molar-refractivity contribution is 5.76. The van der Waals surface area contributed by atoms with E-state index in [1.807, 2.05) is 7.05 Å². The van der Waals surface area contributed by atoms with Crippen molar-refractivity contribution in [3.05, 3.63) is 0 Å². The van der Waals surface area contributed by atoms with Crippen molar-refractivity contribution in [2.45, 2.75) is 32.6 Å². The number of hydrogen-bond donors (Lipinski definition) is 1. The maximum atomic E-state index is 11.8. The van der Waals surface area contributed by atoms with Crippen LogP contribution in [0.2, 0.25) is 0 Å². The molecule has 2 N–H and O–H groups in total. The largest absolute Gasteiger partial charge is 0.379 e. The molecule has 0 spiro atoms. The molecule has 4 nitrogen and oxygen atoms in total. The first kappa shape index (κ1) is 14.5. The fourth-order valence-electron chi connectivity index (χ4n) is 1.66. The van der Waals surface area contributed by atoms with Crippen LogP contribution in [0.4, 0.5) is 0 Å². The average molecular weight is 242 g/mol. The van der Waals surface area contributed by atoms with Crippen molar-refractivity contribution in [3.8, 4) is 0 Å². The maximum Gasteiger partial charge on any atom is 0.222 e. The van der Waals surface area contributed by atoms with Gasteiger partial charge in [-0.3, -0.25) is 4.79 Å². The number of amides is 1. The first-order valence-electron chi connectivity index (χ1n) is 6.69. The summed E-state index contributed by atoms with van der Waals surface area (Å²) in [6, 6.07) is 0. The van der Waals surface area contributed by atoms with Crippen LogP contribution in [0.25, 0.3) is 0 Å². The van der Waals surface area contributed by atoms with E-state index in [9.17, 15) is 4.79 Å². The summed E-state index contributed by atoms with van der Waals surface area (Å²) >= 11 is 0. The number of nitrogens with two attached hydrogens (primary N) is 1. The van der Waals surface area contributed by atoms with Crippen molar-refractivity contribution in [1.82, 2.24) is 4.90 Å². The van der Waals surface area contributed by atoms with Gasteiger partial charge in [0, 0.05) is 26.6 Å². The molecule has 0 radical (unpaired) electrons. The first-order chi connectivity index (χ1) is 8.17. The van der Waals surface area contributed by atoms with E-state index < -0.39 is 0 Å². The van der Waals surface area contributed by atoms with Gasteiger partial charge >= 0.3 is 0 Å². The summed E-state index contributed by atoms with van der Waals surface area (Å²) in [6.07, 6.45) is 4.15. The Hall–Kier alpha value is -0.610. The lowest BCUT2D eigenvalue weighted by Crippen LogP contribution is -2.32. The highest BCUT2D eigenvalue weighted by atomic mass is 16.5. The summed E-state index contributed by atoms with van der Waals surface area (Å²) in [5, 5.41) is 0. The molecule has 1 amide bonds. The van der Waals surface area contributed by atoms with Crippen LogP contribution in [0.15, 0.2) is 0 Å². The summed E-state index contributed by atoms with van der Waals surface area (Å²) in [7, 11) is 1.84. The van der Waals surface area contributed by atoms with E-state index in [0.29, 0.717) is 32.0 Å². The third kappa shape index (κ3) is 6.03. The van der Waals surface area contributed by atoms with Gasteiger partial charge in [-0.2, -0.15) is 0 Å². The standard InChI is InChI=1S/C13H26N2O2/c1-3-11(9-14)8-13(16)15(2)6-7-17-10-12-4-5-12/h11-12H,3-10,14H2,1-2H3. The fourth-order valence-corrected chi connectivity index (χ4v) is 1.66. The second-order valence-corrected chi connectivity index (χ2v) is 5.05. The minimum absolute atomic E-state index is 0.178. The summed E-state index contributed by atoms with van der Waals surface area (Å²) in [5.41, 5.74) is 5.60. The molecule has 1 saturated carbocycles. The van der Waals surface area contributed by atoms with Crippen molar-refractivity contribution < 1.29 is 9.53 Å². The number of ether oxygens (including phenoxy) is 1. The third-order valence-corrected chi connectivity index (χ3v) is 3.42. The van der Waals surface area contributed by atoms with Crippen LogP contribution in [0.5, 0.6) is 0 Å². The lowest BCUT2D eigenvalue weighted by molar-refractivity contribution is -0.131. The van der Waals surface area contributed by atoms with Gasteiger partial charge in [0.25, 0.3) is 0 Å². The predicted octanol–water partition coefficient (Wildman–Crippen LogP) is 1.25. The van der Waals surface area contributed by atoms with Gasteiger partial charge in [-0.15, -0.1) is 0 Å². The van der Waals surface area contributed by atoms with Crippen molar-refractivity contribution in [2.24, 2.45) is 17.6 Å². The van der Waals surface area contributed by atoms with Crippen LogP contribution >= 0.6 is 0 Å². The Morgan fingerprint density at radius 1 is 1.53 bits per heavy atom. The monoisotopic (exact) mass is 242 g/mol. The highest BCUT2D eigenvalue weighted by Crippen LogP contribution is 2.28. The van der Waals surface area contributed by atoms with Gasteiger partial charge in [-0.05, 0) is 31.2 Å². The van der Waals surface area contributed by atoms with E-state index in [-0.39, 0.29) is 5.91 Å². The average Bonchev–Trinajstić information content (AvgIpc) is 3.14. The molecule has 0 aliphatic heterocycles. The van der Waals surface area contributed by atoms with E-state index >= 15 is 0 Å². The van der Waals surface area contributed by atoms with Gasteiger partial charge in [0.1, 0.15) is 0 Å². The molecule has 0 heterocycles. The number of rotatable bonds is 9. The first-order valence-corrected chi connectivity index (χ1v) is 6.69. The Bertz CT molecular complexity index is 225. The molecular formula is C13H26N2O2. The molecule has 0 bridgehead atoms. The maximum absolute atomic E-state index is 11.8. The van der Waals surface area contributed by atoms with Gasteiger partial charge in [-0.25, -0.2) is 0 Å². The van der Waals surface area contributed by atoms with Crippen LogP contribution in [0.1, 0.15) is 32.6 Å². The molecule has 1 rings (SSSR count). The minimum Gasteiger partial charge on any atom is -0.379 e. The highest BCUT2D eigenvalue weighted by Gasteiger charge is 2.21. The summed E-state index contributed by atoms with van der Waals surface area (Å²) < 4.78 is 5.52. The third-order valence-electron chi connectivity index (χ3n) is 3.42. The zero-order valence-electron chi connectivity index (χ0n) is 11.2. The van der Waals surface area contributed by atoms with E-state index in [2.05, 4.69) is 6.92 Å². The molecule has 0 aromatic heterocycles. The van der Waals surface area contributed by atoms with Crippen molar-refractivity contribution in [3.63, 3.8) is 0 Å². The second kappa shape index (κ2) is 7.67. The van der Waals surface area contributed by atoms with Crippen molar-refractivity contribution in [2.75, 3.05) is 33.4 Å². The summed E-state index contributed by atoms with van der Waals surface area (Å²) in [4.78, 5) is 13.6. The lowest BCUT2D eigenvalue weighted by Gasteiger charge is -2.20. The Labute approximate surface area is 104 Å². The topological polar surface area (TPSA) is 55.6 Å². The van der Waals surface area contributed by atoms with Crippen LogP contribution in [0.3, 0.4) is 0 Å². The molecule has 17 heavy (non-hydrogen) atoms. The quantitative estimate of drug-likeness (QED) is 0.619. The Balaban J connectivity index is 2.07. The van der Waals surface area contributed by atoms with Crippen molar-refractivity contribution in [1.29, 1.82) is 0 Å². The molecule has 4 heteroatoms. The Morgan fingerprint density at radius 2 is 2.24 bits per heavy atom. The van der Waals surface area contributed by atoms with E-state index in [1.54, 1.807) is 4.90 Å².